The normalized spacial score (nSPS) is 23.3. The first kappa shape index (κ1) is 16.7. The van der Waals surface area contributed by atoms with Gasteiger partial charge in [0, 0.05) is 18.2 Å². The highest BCUT2D eigenvalue weighted by Gasteiger charge is 2.40. The van der Waals surface area contributed by atoms with Gasteiger partial charge in [-0.3, -0.25) is 4.79 Å². The van der Waals surface area contributed by atoms with Crippen molar-refractivity contribution in [3.05, 3.63) is 35.4 Å². The maximum Gasteiger partial charge on any atom is 0.416 e. The number of carbonyl (C=O) groups is 1. The molecule has 0 aromatic heterocycles. The number of carbonyl (C=O) groups excluding carboxylic acids is 1. The average Bonchev–Trinajstić information content (AvgIpc) is 3.03. The van der Waals surface area contributed by atoms with Crippen LogP contribution < -0.4 is 0 Å². The van der Waals surface area contributed by atoms with Crippen LogP contribution in [-0.4, -0.2) is 23.1 Å². The standard InChI is InChI=1S/C17H20F3NOS/c18-17(19,20)14-9-5-4-8-13(14)16-21(10-11-23-16)15(22)12-6-2-1-3-7-12/h4-5,8-9,12,16H,1-3,6-7,10-11H2/t16-/m1/s1. The Kier molecular flexibility index (Phi) is 4.90. The van der Waals surface area contributed by atoms with Gasteiger partial charge in [0.05, 0.1) is 5.56 Å². The molecule has 1 saturated carbocycles. The largest absolute Gasteiger partial charge is 0.416 e. The van der Waals surface area contributed by atoms with E-state index in [2.05, 4.69) is 0 Å². The molecule has 6 heteroatoms. The van der Waals surface area contributed by atoms with E-state index < -0.39 is 17.1 Å². The molecule has 0 bridgehead atoms. The van der Waals surface area contributed by atoms with E-state index in [0.29, 0.717) is 12.3 Å². The van der Waals surface area contributed by atoms with Crippen molar-refractivity contribution >= 4 is 17.7 Å². The van der Waals surface area contributed by atoms with Crippen LogP contribution in [0.15, 0.2) is 24.3 Å². The monoisotopic (exact) mass is 343 g/mol. The van der Waals surface area contributed by atoms with Crippen LogP contribution >= 0.6 is 11.8 Å². The van der Waals surface area contributed by atoms with Gasteiger partial charge in [-0.2, -0.15) is 13.2 Å². The minimum absolute atomic E-state index is 0.0111. The predicted octanol–water partition coefficient (Wildman–Crippen LogP) is 4.86. The van der Waals surface area contributed by atoms with E-state index in [1.165, 1.54) is 23.9 Å². The zero-order valence-corrected chi connectivity index (χ0v) is 13.6. The first-order valence-corrected chi connectivity index (χ1v) is 9.11. The van der Waals surface area contributed by atoms with Gasteiger partial charge < -0.3 is 4.90 Å². The summed E-state index contributed by atoms with van der Waals surface area (Å²) >= 11 is 1.43. The van der Waals surface area contributed by atoms with E-state index >= 15 is 0 Å². The Balaban J connectivity index is 1.86. The van der Waals surface area contributed by atoms with Gasteiger partial charge >= 0.3 is 6.18 Å². The first-order chi connectivity index (χ1) is 11.0. The van der Waals surface area contributed by atoms with Gasteiger partial charge in [0.15, 0.2) is 0 Å². The quantitative estimate of drug-likeness (QED) is 0.764. The Morgan fingerprint density at radius 1 is 1.13 bits per heavy atom. The lowest BCUT2D eigenvalue weighted by Gasteiger charge is -2.31. The molecule has 1 atom stereocenters. The second-order valence-electron chi connectivity index (χ2n) is 6.17. The minimum Gasteiger partial charge on any atom is -0.325 e. The summed E-state index contributed by atoms with van der Waals surface area (Å²) in [4.78, 5) is 14.4. The average molecular weight is 343 g/mol. The number of hydrogen-bond acceptors (Lipinski definition) is 2. The molecule has 126 valence electrons. The Labute approximate surface area is 138 Å². The maximum absolute atomic E-state index is 13.3. The number of hydrogen-bond donors (Lipinski definition) is 0. The lowest BCUT2D eigenvalue weighted by atomic mass is 9.88. The lowest BCUT2D eigenvalue weighted by Crippen LogP contribution is -2.37. The molecule has 1 heterocycles. The van der Waals surface area contributed by atoms with Crippen LogP contribution in [-0.2, 0) is 11.0 Å². The van der Waals surface area contributed by atoms with Gasteiger partial charge in [0.1, 0.15) is 5.37 Å². The number of halogens is 3. The van der Waals surface area contributed by atoms with Gasteiger partial charge in [-0.05, 0) is 24.5 Å². The lowest BCUT2D eigenvalue weighted by molar-refractivity contribution is -0.141. The molecule has 1 saturated heterocycles. The molecule has 1 aliphatic carbocycles. The second-order valence-corrected chi connectivity index (χ2v) is 7.36. The minimum atomic E-state index is -4.39. The van der Waals surface area contributed by atoms with Crippen molar-refractivity contribution < 1.29 is 18.0 Å². The van der Waals surface area contributed by atoms with E-state index in [9.17, 15) is 18.0 Å². The molecular formula is C17H20F3NOS. The van der Waals surface area contributed by atoms with Crippen molar-refractivity contribution in [3.63, 3.8) is 0 Å². The fourth-order valence-electron chi connectivity index (χ4n) is 3.51. The number of amides is 1. The summed E-state index contributed by atoms with van der Waals surface area (Å²) in [6, 6.07) is 5.64. The van der Waals surface area contributed by atoms with Crippen LogP contribution in [0.4, 0.5) is 13.2 Å². The summed E-state index contributed by atoms with van der Waals surface area (Å²) < 4.78 is 39.8. The fourth-order valence-corrected chi connectivity index (χ4v) is 4.81. The molecule has 2 fully saturated rings. The maximum atomic E-state index is 13.3. The molecule has 1 aliphatic heterocycles. The van der Waals surface area contributed by atoms with Crippen molar-refractivity contribution in [2.45, 2.75) is 43.7 Å². The SMILES string of the molecule is O=C(C1CCCCC1)N1CCS[C@@H]1c1ccccc1C(F)(F)F. The molecule has 1 aromatic carbocycles. The first-order valence-electron chi connectivity index (χ1n) is 8.06. The number of rotatable bonds is 2. The molecular weight excluding hydrogens is 323 g/mol. The van der Waals surface area contributed by atoms with E-state index in [4.69, 9.17) is 0 Å². The Morgan fingerprint density at radius 2 is 1.83 bits per heavy atom. The molecule has 0 unspecified atom stereocenters. The van der Waals surface area contributed by atoms with Crippen LogP contribution in [0.25, 0.3) is 0 Å². The second kappa shape index (κ2) is 6.75. The van der Waals surface area contributed by atoms with E-state index in [-0.39, 0.29) is 17.4 Å². The number of nitrogens with zero attached hydrogens (tertiary/aromatic N) is 1. The molecule has 3 rings (SSSR count). The zero-order valence-electron chi connectivity index (χ0n) is 12.8. The van der Waals surface area contributed by atoms with Crippen molar-refractivity contribution in [1.29, 1.82) is 0 Å². The fraction of sp³-hybridized carbons (Fsp3) is 0.588. The third-order valence-corrected chi connectivity index (χ3v) is 5.90. The van der Waals surface area contributed by atoms with Crippen LogP contribution in [0.2, 0.25) is 0 Å². The predicted molar refractivity (Wildman–Crippen MR) is 84.9 cm³/mol. The zero-order chi connectivity index (χ0) is 16.4. The summed E-state index contributed by atoms with van der Waals surface area (Å²) in [6.07, 6.45) is 0.585. The highest BCUT2D eigenvalue weighted by atomic mass is 32.2. The van der Waals surface area contributed by atoms with Gasteiger partial charge in [0.2, 0.25) is 5.91 Å². The van der Waals surface area contributed by atoms with Crippen LogP contribution in [0.1, 0.15) is 48.6 Å². The van der Waals surface area contributed by atoms with Crippen molar-refractivity contribution in [2.75, 3.05) is 12.3 Å². The Hall–Kier alpha value is -1.17. The van der Waals surface area contributed by atoms with Gasteiger partial charge in [-0.1, -0.05) is 37.5 Å². The summed E-state index contributed by atoms with van der Waals surface area (Å²) in [5.41, 5.74) is -0.410. The molecule has 2 nitrogen and oxygen atoms in total. The Bertz CT molecular complexity index is 569. The van der Waals surface area contributed by atoms with E-state index in [1.807, 2.05) is 0 Å². The molecule has 1 aromatic rings. The number of thioether (sulfide) groups is 1. The van der Waals surface area contributed by atoms with Gasteiger partial charge in [-0.25, -0.2) is 0 Å². The smallest absolute Gasteiger partial charge is 0.325 e. The van der Waals surface area contributed by atoms with Gasteiger partial charge in [-0.15, -0.1) is 11.8 Å². The molecule has 0 spiro atoms. The van der Waals surface area contributed by atoms with Crippen LogP contribution in [0.5, 0.6) is 0 Å². The third-order valence-electron chi connectivity index (χ3n) is 4.66. The molecule has 2 aliphatic rings. The number of alkyl halides is 3. The van der Waals surface area contributed by atoms with Gasteiger partial charge in [0.25, 0.3) is 0 Å². The van der Waals surface area contributed by atoms with Crippen molar-refractivity contribution in [3.8, 4) is 0 Å². The molecule has 0 N–H and O–H groups in total. The van der Waals surface area contributed by atoms with E-state index in [0.717, 1.165) is 38.2 Å². The number of benzene rings is 1. The van der Waals surface area contributed by atoms with Crippen LogP contribution in [0.3, 0.4) is 0 Å². The van der Waals surface area contributed by atoms with Crippen LogP contribution in [0, 0.1) is 5.92 Å². The van der Waals surface area contributed by atoms with E-state index in [1.54, 1.807) is 11.0 Å². The highest BCUT2D eigenvalue weighted by Crippen LogP contribution is 2.44. The molecule has 0 radical (unpaired) electrons. The Morgan fingerprint density at radius 3 is 2.52 bits per heavy atom. The summed E-state index contributed by atoms with van der Waals surface area (Å²) in [5, 5.41) is -0.512. The molecule has 23 heavy (non-hydrogen) atoms. The summed E-state index contributed by atoms with van der Waals surface area (Å²) in [5.74, 6) is 0.717. The third kappa shape index (κ3) is 3.52. The van der Waals surface area contributed by atoms with Crippen molar-refractivity contribution in [1.82, 2.24) is 4.90 Å². The van der Waals surface area contributed by atoms with Crippen molar-refractivity contribution in [2.24, 2.45) is 5.92 Å². The highest BCUT2D eigenvalue weighted by molar-refractivity contribution is 7.99. The molecule has 1 amide bonds. The summed E-state index contributed by atoms with van der Waals surface area (Å²) in [7, 11) is 0. The summed E-state index contributed by atoms with van der Waals surface area (Å²) in [6.45, 7) is 0.539. The topological polar surface area (TPSA) is 20.3 Å².